The molecular weight excluding hydrogens is 386 g/mol. The molecule has 0 aromatic carbocycles. The Labute approximate surface area is 156 Å². The Morgan fingerprint density at radius 3 is 2.20 bits per heavy atom. The molecule has 0 atom stereocenters. The van der Waals surface area contributed by atoms with Crippen LogP contribution in [0, 0.1) is 12.2 Å². The number of hydrogen-bond acceptors (Lipinski definition) is 1. The fourth-order valence-corrected chi connectivity index (χ4v) is 2.42. The van der Waals surface area contributed by atoms with Crippen molar-refractivity contribution in [2.24, 2.45) is 0 Å². The van der Waals surface area contributed by atoms with Crippen LogP contribution < -0.4 is 24.8 Å². The summed E-state index contributed by atoms with van der Waals surface area (Å²) in [6.45, 7) is 8.77. The van der Waals surface area contributed by atoms with E-state index in [4.69, 9.17) is 4.43 Å². The average Bonchev–Trinajstić information content (AvgIpc) is 2.87. The van der Waals surface area contributed by atoms with Crippen molar-refractivity contribution in [3.8, 4) is 0 Å². The Balaban J connectivity index is -0.000000312. The maximum atomic E-state index is 5.90. The molecule has 2 rings (SSSR count). The summed E-state index contributed by atoms with van der Waals surface area (Å²) in [6, 6.07) is 0. The van der Waals surface area contributed by atoms with Gasteiger partial charge < -0.3 is 29.2 Å². The Morgan fingerprint density at radius 2 is 1.85 bits per heavy atom. The monoisotopic (exact) mass is 406 g/mol. The second-order valence-corrected chi connectivity index (χ2v) is 9.43. The smallest absolute Gasteiger partial charge is 1.00 e. The molecule has 1 nitrogen and oxygen atoms in total. The quantitative estimate of drug-likeness (QED) is 0.411. The summed E-state index contributed by atoms with van der Waals surface area (Å²) in [6.07, 6.45) is 17.4. The summed E-state index contributed by atoms with van der Waals surface area (Å²) in [7, 11) is -1.41. The number of halogens is 2. The van der Waals surface area contributed by atoms with E-state index in [0.717, 1.165) is 25.0 Å². The van der Waals surface area contributed by atoms with Crippen LogP contribution in [0.1, 0.15) is 26.2 Å². The van der Waals surface area contributed by atoms with E-state index < -0.39 is 8.32 Å². The van der Waals surface area contributed by atoms with Crippen LogP contribution in [0.15, 0.2) is 35.6 Å². The van der Waals surface area contributed by atoms with Crippen LogP contribution in [-0.4, -0.2) is 8.32 Å². The van der Waals surface area contributed by atoms with Gasteiger partial charge in [-0.05, 0) is 19.6 Å². The molecule has 0 unspecified atom stereocenters. The zero-order valence-electron chi connectivity index (χ0n) is 12.6. The summed E-state index contributed by atoms with van der Waals surface area (Å²) in [5.74, 6) is 1.09. The van der Waals surface area contributed by atoms with Crippen molar-refractivity contribution in [3.05, 3.63) is 47.8 Å². The fraction of sp³-hybridized carbons (Fsp3) is 0.467. The molecule has 0 spiro atoms. The third-order valence-electron chi connectivity index (χ3n) is 2.26. The fourth-order valence-electron chi connectivity index (χ4n) is 1.55. The third kappa shape index (κ3) is 11.1. The van der Waals surface area contributed by atoms with Crippen molar-refractivity contribution < 1.29 is 55.4 Å². The largest absolute Gasteiger partial charge is 4.00 e. The van der Waals surface area contributed by atoms with Gasteiger partial charge >= 0.3 is 26.2 Å². The van der Waals surface area contributed by atoms with Crippen molar-refractivity contribution in [2.75, 3.05) is 0 Å². The van der Waals surface area contributed by atoms with Gasteiger partial charge in [0.1, 0.15) is 0 Å². The summed E-state index contributed by atoms with van der Waals surface area (Å²) in [5, 5.41) is 0. The molecule has 0 fully saturated rings. The van der Waals surface area contributed by atoms with Gasteiger partial charge in [-0.1, -0.05) is 19.1 Å². The van der Waals surface area contributed by atoms with Crippen LogP contribution in [0.2, 0.25) is 19.6 Å². The van der Waals surface area contributed by atoms with E-state index in [1.807, 2.05) is 12.2 Å². The summed E-state index contributed by atoms with van der Waals surface area (Å²) in [5.41, 5.74) is 1.26. The summed E-state index contributed by atoms with van der Waals surface area (Å²) in [4.78, 5) is 0. The normalized spacial score (nSPS) is 14.8. The Morgan fingerprint density at radius 1 is 1.20 bits per heavy atom. The molecule has 0 amide bonds. The third-order valence-corrected chi connectivity index (χ3v) is 3.09. The van der Waals surface area contributed by atoms with E-state index in [1.54, 1.807) is 0 Å². The van der Waals surface area contributed by atoms with Gasteiger partial charge in [-0.15, -0.1) is 18.9 Å². The first-order chi connectivity index (χ1) is 8.03. The van der Waals surface area contributed by atoms with Crippen LogP contribution >= 0.6 is 0 Å². The van der Waals surface area contributed by atoms with Crippen LogP contribution in [0.4, 0.5) is 0 Å². The molecule has 0 radical (unpaired) electrons. The molecule has 0 aromatic rings. The van der Waals surface area contributed by atoms with Gasteiger partial charge in [0, 0.05) is 0 Å². The standard InChI is InChI=1S/C10H17OSi.C5H5.2ClH.Zr/c1-5-9-7-6-8-10(9)11-12(2,3)4;1-2-4-5-3-1;;;/h8H,5-6H2,1-4H3;1-3H,4H2;2*1H;/q2*-1;;;+4/p-2. The van der Waals surface area contributed by atoms with E-state index >= 15 is 0 Å². The maximum Gasteiger partial charge on any atom is 4.00 e. The Kier molecular flexibility index (Phi) is 16.7. The van der Waals surface area contributed by atoms with E-state index in [1.165, 1.54) is 5.57 Å². The van der Waals surface area contributed by atoms with E-state index in [9.17, 15) is 0 Å². The minimum absolute atomic E-state index is 0. The second-order valence-electron chi connectivity index (χ2n) is 5.00. The van der Waals surface area contributed by atoms with Gasteiger partial charge in [0.05, 0.1) is 0 Å². The molecule has 2 aliphatic rings. The van der Waals surface area contributed by atoms with Crippen molar-refractivity contribution in [1.82, 2.24) is 0 Å². The number of rotatable bonds is 3. The zero-order chi connectivity index (χ0) is 12.7. The Bertz CT molecular complexity index is 359. The topological polar surface area (TPSA) is 9.23 Å². The van der Waals surface area contributed by atoms with Crippen LogP contribution in [-0.2, 0) is 30.6 Å². The Hall–Kier alpha value is 0.440. The van der Waals surface area contributed by atoms with Crippen LogP contribution in [0.3, 0.4) is 0 Å². The minimum atomic E-state index is -1.41. The molecule has 0 saturated heterocycles. The predicted octanol–water partition coefficient (Wildman–Crippen LogP) is -1.42. The minimum Gasteiger partial charge on any atom is -1.00 e. The predicted molar refractivity (Wildman–Crippen MR) is 75.7 cm³/mol. The van der Waals surface area contributed by atoms with Gasteiger partial charge in [-0.3, -0.25) is 12.2 Å². The molecule has 110 valence electrons. The van der Waals surface area contributed by atoms with Gasteiger partial charge in [0.2, 0.25) is 8.32 Å². The van der Waals surface area contributed by atoms with E-state index in [2.05, 4.69) is 50.9 Å². The molecule has 0 bridgehead atoms. The van der Waals surface area contributed by atoms with Gasteiger partial charge in [-0.25, -0.2) is 12.2 Å². The molecule has 0 N–H and O–H groups in total. The number of hydrogen-bond donors (Lipinski definition) is 0. The van der Waals surface area contributed by atoms with Gasteiger partial charge in [0.15, 0.2) is 0 Å². The van der Waals surface area contributed by atoms with Crippen molar-refractivity contribution in [3.63, 3.8) is 0 Å². The van der Waals surface area contributed by atoms with Crippen molar-refractivity contribution >= 4 is 8.32 Å². The second kappa shape index (κ2) is 13.1. The van der Waals surface area contributed by atoms with Crippen molar-refractivity contribution in [2.45, 2.75) is 45.8 Å². The first-order valence-corrected chi connectivity index (χ1v) is 9.64. The van der Waals surface area contributed by atoms with E-state index in [0.29, 0.717) is 0 Å². The van der Waals surface area contributed by atoms with Gasteiger partial charge in [0.25, 0.3) is 0 Å². The molecule has 0 saturated carbocycles. The van der Waals surface area contributed by atoms with Gasteiger partial charge in [-0.2, -0.15) is 11.6 Å². The number of allylic oxidation sites excluding steroid dienone is 7. The summed E-state index contributed by atoms with van der Waals surface area (Å²) >= 11 is 0. The molecule has 20 heavy (non-hydrogen) atoms. The van der Waals surface area contributed by atoms with Crippen molar-refractivity contribution in [1.29, 1.82) is 0 Å². The van der Waals surface area contributed by atoms with E-state index in [-0.39, 0.29) is 51.0 Å². The SMILES string of the molecule is CCC1=[C-]CC=C1O[Si](C)(C)C.[C-]1=CC=CC1.[Cl-].[Cl-].[Zr+4]. The molecule has 0 heterocycles. The first kappa shape index (κ1) is 25.4. The van der Waals surface area contributed by atoms with Crippen LogP contribution in [0.25, 0.3) is 0 Å². The molecule has 0 aromatic heterocycles. The van der Waals surface area contributed by atoms with Crippen LogP contribution in [0.5, 0.6) is 0 Å². The maximum absolute atomic E-state index is 5.90. The average molecular weight is 409 g/mol. The zero-order valence-corrected chi connectivity index (χ0v) is 17.6. The molecular formula is C15H22Cl2OSiZr. The first-order valence-electron chi connectivity index (χ1n) is 6.24. The summed E-state index contributed by atoms with van der Waals surface area (Å²) < 4.78 is 5.90. The molecule has 0 aliphatic heterocycles. The molecule has 2 aliphatic carbocycles. The molecule has 5 heteroatoms.